The summed E-state index contributed by atoms with van der Waals surface area (Å²) in [4.78, 5) is 15.3. The van der Waals surface area contributed by atoms with Crippen LogP contribution in [0.3, 0.4) is 0 Å². The highest BCUT2D eigenvalue weighted by atomic mass is 16.5. The van der Waals surface area contributed by atoms with Gasteiger partial charge in [0.2, 0.25) is 0 Å². The Hall–Kier alpha value is -4.12. The molecule has 2 N–H and O–H groups in total. The maximum Gasteiger partial charge on any atom is 0.251 e. The molecule has 1 amide bonds. The van der Waals surface area contributed by atoms with Crippen molar-refractivity contribution in [3.05, 3.63) is 99.9 Å². The maximum absolute atomic E-state index is 13.0. The molecule has 0 unspecified atom stereocenters. The van der Waals surface area contributed by atoms with E-state index in [0.29, 0.717) is 12.1 Å². The fourth-order valence-corrected chi connectivity index (χ4v) is 5.36. The Morgan fingerprint density at radius 3 is 2.34 bits per heavy atom. The van der Waals surface area contributed by atoms with Crippen LogP contribution in [0.1, 0.15) is 86.1 Å². The first-order valence-corrected chi connectivity index (χ1v) is 14.7. The predicted molar refractivity (Wildman–Crippen MR) is 180 cm³/mol. The van der Waals surface area contributed by atoms with Crippen LogP contribution in [0, 0.1) is 5.41 Å². The molecule has 41 heavy (non-hydrogen) atoms. The van der Waals surface area contributed by atoms with Crippen molar-refractivity contribution in [1.29, 1.82) is 5.41 Å². The maximum atomic E-state index is 13.0. The molecular weight excluding hydrogens is 506 g/mol. The van der Waals surface area contributed by atoms with E-state index < -0.39 is 0 Å². The van der Waals surface area contributed by atoms with Gasteiger partial charge in [0.25, 0.3) is 5.91 Å². The van der Waals surface area contributed by atoms with Crippen LogP contribution in [0.15, 0.2) is 72.8 Å². The first-order chi connectivity index (χ1) is 19.9. The van der Waals surface area contributed by atoms with Gasteiger partial charge < -0.3 is 20.4 Å². The zero-order chi connectivity index (χ0) is 29.9. The summed E-state index contributed by atoms with van der Waals surface area (Å²) in [5.41, 5.74) is 7.50. The third kappa shape index (κ3) is 7.35. The average molecular weight is 558 g/mol. The largest absolute Gasteiger partial charge is 0.456 e. The first kappa shape index (κ1) is 31.4. The van der Waals surface area contributed by atoms with E-state index in [2.05, 4.69) is 93.7 Å². The summed E-state index contributed by atoms with van der Waals surface area (Å²) >= 11 is 0. The number of nitrogens with zero attached hydrogens (tertiary/aromatic N) is 1. The number of benzene rings is 3. The number of rotatable bonds is 11. The molecule has 1 aliphatic heterocycles. The summed E-state index contributed by atoms with van der Waals surface area (Å²) < 4.78 is 6.60. The van der Waals surface area contributed by atoms with Gasteiger partial charge in [-0.05, 0) is 100 Å². The standard InChI is InChI=1S/C35H42N2O2.CH3N.3H2/c1-7-25(8-2)26-16-18-30-32(22-26)39-33-23-29(37(9-3)10-4)17-19-31(33)34(30)27-14-11-15-28(21-27)35(38)36-20-12-13-24(5)6;1-2;;;/h11,14-19,21-23H,5,7-10,12-13,20H2,1-4,6H3,(H,36,38);2H,1H2;3*1H. The van der Waals surface area contributed by atoms with Gasteiger partial charge in [-0.2, -0.15) is 0 Å². The van der Waals surface area contributed by atoms with E-state index in [-0.39, 0.29) is 10.2 Å². The Morgan fingerprint density at radius 2 is 1.68 bits per heavy atom. The summed E-state index contributed by atoms with van der Waals surface area (Å²) in [5, 5.41) is 10.8. The van der Waals surface area contributed by atoms with Gasteiger partial charge in [-0.25, -0.2) is 0 Å². The smallest absolute Gasteiger partial charge is 0.251 e. The van der Waals surface area contributed by atoms with E-state index >= 15 is 0 Å². The van der Waals surface area contributed by atoms with Gasteiger partial charge in [0.1, 0.15) is 11.5 Å². The second kappa shape index (κ2) is 15.0. The lowest BCUT2D eigenvalue weighted by atomic mass is 9.91. The summed E-state index contributed by atoms with van der Waals surface area (Å²) in [5.74, 6) is 1.66. The van der Waals surface area contributed by atoms with Crippen molar-refractivity contribution < 1.29 is 13.8 Å². The second-order valence-corrected chi connectivity index (χ2v) is 10.2. The molecule has 5 heteroatoms. The molecule has 5 nitrogen and oxygen atoms in total. The van der Waals surface area contributed by atoms with E-state index in [1.165, 1.54) is 10.8 Å². The number of amides is 1. The van der Waals surface area contributed by atoms with Crippen molar-refractivity contribution in [2.75, 3.05) is 24.5 Å². The normalized spacial score (nSPS) is 11.3. The number of carbonyl (C=O) groups excluding carboxylic acids is 1. The third-order valence-electron chi connectivity index (χ3n) is 7.58. The highest BCUT2D eigenvalue weighted by molar-refractivity contribution is 5.96. The molecule has 3 aromatic rings. The Bertz CT molecular complexity index is 1510. The van der Waals surface area contributed by atoms with Crippen molar-refractivity contribution >= 4 is 29.5 Å². The summed E-state index contributed by atoms with van der Waals surface area (Å²) in [7, 11) is 0. The van der Waals surface area contributed by atoms with E-state index in [1.807, 2.05) is 25.1 Å². The molecule has 0 atom stereocenters. The van der Waals surface area contributed by atoms with Gasteiger partial charge in [-0.3, -0.25) is 4.79 Å². The SMILES string of the molecule is C=C(C)CCCNC(=O)c1cccc(C2=c3ccc(=C(CC)CC)cc3Oc3cc(N(CC)CC)ccc32)c1.C=N.[HH].[HH].[HH]. The van der Waals surface area contributed by atoms with Crippen LogP contribution in [-0.4, -0.2) is 32.3 Å². The molecule has 1 aliphatic rings. The number of allylic oxidation sites excluding steroid dienone is 1. The molecule has 222 valence electrons. The van der Waals surface area contributed by atoms with Crippen LogP contribution in [0.4, 0.5) is 5.69 Å². The topological polar surface area (TPSA) is 65.4 Å². The number of fused-ring (bicyclic) bond motifs is 2. The molecule has 0 saturated heterocycles. The van der Waals surface area contributed by atoms with E-state index in [9.17, 15) is 4.79 Å². The van der Waals surface area contributed by atoms with E-state index in [4.69, 9.17) is 10.1 Å². The van der Waals surface area contributed by atoms with E-state index in [0.717, 1.165) is 83.5 Å². The molecule has 0 aromatic heterocycles. The Morgan fingerprint density at radius 1 is 0.951 bits per heavy atom. The fourth-order valence-electron chi connectivity index (χ4n) is 5.36. The molecule has 0 aliphatic carbocycles. The molecule has 0 radical (unpaired) electrons. The summed E-state index contributed by atoms with van der Waals surface area (Å²) in [6.45, 7) is 19.7. The van der Waals surface area contributed by atoms with Crippen molar-refractivity contribution in [3.63, 3.8) is 0 Å². The molecule has 3 aromatic carbocycles. The lowest BCUT2D eigenvalue weighted by Crippen LogP contribution is -2.25. The molecule has 1 heterocycles. The van der Waals surface area contributed by atoms with Crippen molar-refractivity contribution in [3.8, 4) is 11.5 Å². The second-order valence-electron chi connectivity index (χ2n) is 10.2. The van der Waals surface area contributed by atoms with Crippen LogP contribution < -0.4 is 25.4 Å². The number of carbonyl (C=O) groups is 1. The van der Waals surface area contributed by atoms with Gasteiger partial charge in [-0.15, -0.1) is 6.58 Å². The lowest BCUT2D eigenvalue weighted by molar-refractivity contribution is 0.0953. The number of nitrogens with one attached hydrogen (secondary N) is 2. The van der Waals surface area contributed by atoms with Crippen molar-refractivity contribution in [2.24, 2.45) is 0 Å². The molecule has 4 rings (SSSR count). The van der Waals surface area contributed by atoms with Gasteiger partial charge >= 0.3 is 0 Å². The van der Waals surface area contributed by atoms with E-state index in [1.54, 1.807) is 0 Å². The Labute approximate surface area is 250 Å². The summed E-state index contributed by atoms with van der Waals surface area (Å²) in [6.07, 6.45) is 3.83. The highest BCUT2D eigenvalue weighted by Gasteiger charge is 2.22. The van der Waals surface area contributed by atoms with Gasteiger partial charge in [0.05, 0.1) is 0 Å². The van der Waals surface area contributed by atoms with Gasteiger partial charge in [0, 0.05) is 57.6 Å². The predicted octanol–water partition coefficient (Wildman–Crippen LogP) is 7.95. The summed E-state index contributed by atoms with van der Waals surface area (Å²) in [6, 6.07) is 21.0. The minimum absolute atomic E-state index is 0. The van der Waals surface area contributed by atoms with Gasteiger partial charge in [0.15, 0.2) is 0 Å². The first-order valence-electron chi connectivity index (χ1n) is 14.7. The van der Waals surface area contributed by atoms with Crippen molar-refractivity contribution in [2.45, 2.75) is 60.3 Å². The number of hydrogen-bond donors (Lipinski definition) is 2. The molecule has 0 saturated carbocycles. The zero-order valence-corrected chi connectivity index (χ0v) is 25.4. The average Bonchev–Trinajstić information content (AvgIpc) is 3.00. The fraction of sp³-hybridized carbons (Fsp3) is 0.333. The quantitative estimate of drug-likeness (QED) is 0.112. The third-order valence-corrected chi connectivity index (χ3v) is 7.58. The zero-order valence-electron chi connectivity index (χ0n) is 25.4. The minimum Gasteiger partial charge on any atom is -0.456 e. The van der Waals surface area contributed by atoms with Crippen LogP contribution >= 0.6 is 0 Å². The highest BCUT2D eigenvalue weighted by Crippen LogP contribution is 2.38. The lowest BCUT2D eigenvalue weighted by Gasteiger charge is -2.26. The van der Waals surface area contributed by atoms with Crippen LogP contribution in [0.25, 0.3) is 11.1 Å². The van der Waals surface area contributed by atoms with Crippen LogP contribution in [-0.2, 0) is 0 Å². The van der Waals surface area contributed by atoms with Gasteiger partial charge in [-0.1, -0.05) is 43.2 Å². The number of anilines is 1. The molecule has 0 fully saturated rings. The Balaban J connectivity index is 0.00000362. The molecule has 0 bridgehead atoms. The minimum atomic E-state index is -0.0518. The molecule has 0 spiro atoms. The van der Waals surface area contributed by atoms with Crippen LogP contribution in [0.2, 0.25) is 0 Å². The van der Waals surface area contributed by atoms with Crippen LogP contribution in [0.5, 0.6) is 11.5 Å². The monoisotopic (exact) mass is 557 g/mol. The number of ether oxygens (including phenoxy) is 1. The Kier molecular flexibility index (Phi) is 11.5. The van der Waals surface area contributed by atoms with Crippen molar-refractivity contribution in [1.82, 2.24) is 5.32 Å². The number of hydrogen-bond acceptors (Lipinski definition) is 4. The molecular formula is C36H51N3O2.